The predicted molar refractivity (Wildman–Crippen MR) is 120 cm³/mol. The summed E-state index contributed by atoms with van der Waals surface area (Å²) in [7, 11) is -3.67. The van der Waals surface area contributed by atoms with E-state index >= 15 is 0 Å². The molecule has 0 aliphatic carbocycles. The van der Waals surface area contributed by atoms with Gasteiger partial charge in [0.1, 0.15) is 0 Å². The lowest BCUT2D eigenvalue weighted by Crippen LogP contribution is -2.44. The van der Waals surface area contributed by atoms with Gasteiger partial charge in [-0.05, 0) is 51.3 Å². The van der Waals surface area contributed by atoms with Crippen molar-refractivity contribution in [2.24, 2.45) is 5.92 Å². The minimum absolute atomic E-state index is 0.169. The van der Waals surface area contributed by atoms with Crippen molar-refractivity contribution in [2.75, 3.05) is 13.2 Å². The molecule has 0 aromatic heterocycles. The Morgan fingerprint density at radius 3 is 2.17 bits per heavy atom. The van der Waals surface area contributed by atoms with E-state index in [2.05, 4.69) is 39.3 Å². The molecule has 0 bridgehead atoms. The number of ether oxygens (including phenoxy) is 1. The minimum Gasteiger partial charge on any atom is -0.481 e. The van der Waals surface area contributed by atoms with Crippen LogP contribution in [0.1, 0.15) is 18.4 Å². The first-order valence-corrected chi connectivity index (χ1v) is 17.0. The van der Waals surface area contributed by atoms with Crippen molar-refractivity contribution < 1.29 is 28.6 Å². The molecule has 0 unspecified atom stereocenters. The largest absolute Gasteiger partial charge is 0.481 e. The maximum absolute atomic E-state index is 11.5. The van der Waals surface area contributed by atoms with E-state index in [1.165, 1.54) is 0 Å². The van der Waals surface area contributed by atoms with Gasteiger partial charge < -0.3 is 23.8 Å². The molecule has 0 amide bonds. The average molecular weight is 443 g/mol. The molecule has 6 nitrogen and oxygen atoms in total. The molecule has 0 fully saturated rings. The van der Waals surface area contributed by atoms with Gasteiger partial charge in [0.25, 0.3) is 0 Å². The maximum Gasteiger partial charge on any atom is 0.303 e. The van der Waals surface area contributed by atoms with Gasteiger partial charge >= 0.3 is 5.97 Å². The standard InChI is InChI=1S/C21H38O6Si2/c1-28(2,3)26-13-12-19(22)18(14-21(23)24)20(27-29(4,5)6)16-25-15-17-10-8-7-9-11-17/h7-11,18-20,22H,12-16H2,1-6H3,(H,23,24)/t18-,19-,20+/m0/s1. The monoisotopic (exact) mass is 442 g/mol. The van der Waals surface area contributed by atoms with E-state index in [9.17, 15) is 15.0 Å². The Hall–Kier alpha value is -1.04. The third-order valence-electron chi connectivity index (χ3n) is 4.23. The second-order valence-corrected chi connectivity index (χ2v) is 18.3. The number of hydrogen-bond donors (Lipinski definition) is 2. The Morgan fingerprint density at radius 1 is 1.03 bits per heavy atom. The highest BCUT2D eigenvalue weighted by molar-refractivity contribution is 6.70. The van der Waals surface area contributed by atoms with Crippen molar-refractivity contribution in [2.45, 2.75) is 70.9 Å². The van der Waals surface area contributed by atoms with Gasteiger partial charge in [0.2, 0.25) is 0 Å². The van der Waals surface area contributed by atoms with E-state index in [-0.39, 0.29) is 13.0 Å². The zero-order valence-electron chi connectivity index (χ0n) is 18.7. The number of aliphatic carboxylic acids is 1. The lowest BCUT2D eigenvalue weighted by atomic mass is 9.91. The van der Waals surface area contributed by atoms with Gasteiger partial charge in [-0.1, -0.05) is 30.3 Å². The molecule has 0 aliphatic heterocycles. The molecule has 166 valence electrons. The highest BCUT2D eigenvalue weighted by Crippen LogP contribution is 2.24. The number of rotatable bonds is 14. The Bertz CT molecular complexity index is 597. The maximum atomic E-state index is 11.5. The highest BCUT2D eigenvalue weighted by atomic mass is 28.4. The van der Waals surface area contributed by atoms with Gasteiger partial charge in [-0.3, -0.25) is 4.79 Å². The minimum atomic E-state index is -1.98. The normalized spacial score (nSPS) is 15.7. The molecule has 0 heterocycles. The van der Waals surface area contributed by atoms with E-state index in [1.807, 2.05) is 30.3 Å². The molecule has 0 aliphatic rings. The lowest BCUT2D eigenvalue weighted by Gasteiger charge is -2.34. The molecular weight excluding hydrogens is 404 g/mol. The van der Waals surface area contributed by atoms with Crippen LogP contribution in [0.2, 0.25) is 39.3 Å². The van der Waals surface area contributed by atoms with Crippen LogP contribution in [0.5, 0.6) is 0 Å². The second kappa shape index (κ2) is 12.0. The Labute approximate surface area is 177 Å². The lowest BCUT2D eigenvalue weighted by molar-refractivity contribution is -0.141. The zero-order valence-corrected chi connectivity index (χ0v) is 20.7. The number of carboxylic acids is 1. The quantitative estimate of drug-likeness (QED) is 0.422. The number of carbonyl (C=O) groups is 1. The molecule has 1 aromatic rings. The SMILES string of the molecule is C[Si](C)(C)OCC[C@H](O)[C@H](CC(=O)O)[C@@H](COCc1ccccc1)O[Si](C)(C)C. The summed E-state index contributed by atoms with van der Waals surface area (Å²) in [6.07, 6.45) is -1.10. The van der Waals surface area contributed by atoms with Crippen LogP contribution in [-0.4, -0.2) is 58.2 Å². The summed E-state index contributed by atoms with van der Waals surface area (Å²) in [5.74, 6) is -1.51. The van der Waals surface area contributed by atoms with Crippen molar-refractivity contribution in [3.63, 3.8) is 0 Å². The zero-order chi connectivity index (χ0) is 22.1. The third-order valence-corrected chi connectivity index (χ3v) is 6.31. The van der Waals surface area contributed by atoms with E-state index < -0.39 is 40.7 Å². The van der Waals surface area contributed by atoms with Crippen LogP contribution in [0.3, 0.4) is 0 Å². The highest BCUT2D eigenvalue weighted by Gasteiger charge is 2.34. The molecule has 0 radical (unpaired) electrons. The summed E-state index contributed by atoms with van der Waals surface area (Å²) >= 11 is 0. The first-order chi connectivity index (χ1) is 13.4. The average Bonchev–Trinajstić information content (AvgIpc) is 2.57. The molecule has 8 heteroatoms. The Balaban J connectivity index is 2.83. The van der Waals surface area contributed by atoms with Crippen LogP contribution in [0.4, 0.5) is 0 Å². The molecular formula is C21H38O6Si2. The van der Waals surface area contributed by atoms with Gasteiger partial charge in [-0.25, -0.2) is 0 Å². The van der Waals surface area contributed by atoms with Crippen LogP contribution >= 0.6 is 0 Å². The number of aliphatic hydroxyl groups is 1. The van der Waals surface area contributed by atoms with Gasteiger partial charge in [-0.2, -0.15) is 0 Å². The van der Waals surface area contributed by atoms with Gasteiger partial charge in [0.05, 0.1) is 31.8 Å². The molecule has 1 aromatic carbocycles. The van der Waals surface area contributed by atoms with Crippen molar-refractivity contribution in [1.29, 1.82) is 0 Å². The molecule has 2 N–H and O–H groups in total. The van der Waals surface area contributed by atoms with Crippen LogP contribution in [0, 0.1) is 5.92 Å². The first kappa shape index (κ1) is 26.0. The number of aliphatic hydroxyl groups excluding tert-OH is 1. The van der Waals surface area contributed by atoms with Gasteiger partial charge in [0, 0.05) is 12.5 Å². The van der Waals surface area contributed by atoms with Crippen molar-refractivity contribution in [3.05, 3.63) is 35.9 Å². The fraction of sp³-hybridized carbons (Fsp3) is 0.667. The van der Waals surface area contributed by atoms with E-state index in [0.29, 0.717) is 19.6 Å². The summed E-state index contributed by atoms with van der Waals surface area (Å²) in [6, 6.07) is 9.80. The second-order valence-electron chi connectivity index (χ2n) is 9.35. The first-order valence-electron chi connectivity index (χ1n) is 10.2. The van der Waals surface area contributed by atoms with Crippen LogP contribution in [0.15, 0.2) is 30.3 Å². The summed E-state index contributed by atoms with van der Waals surface area (Å²) in [4.78, 5) is 11.5. The molecule has 3 atom stereocenters. The number of carboxylic acid groups (broad SMARTS) is 1. The predicted octanol–water partition coefficient (Wildman–Crippen LogP) is 4.12. The van der Waals surface area contributed by atoms with Crippen LogP contribution < -0.4 is 0 Å². The van der Waals surface area contributed by atoms with Crippen molar-refractivity contribution in [3.8, 4) is 0 Å². The number of hydrogen-bond acceptors (Lipinski definition) is 5. The fourth-order valence-electron chi connectivity index (χ4n) is 2.98. The van der Waals surface area contributed by atoms with Gasteiger partial charge in [0.15, 0.2) is 16.6 Å². The molecule has 0 saturated heterocycles. The fourth-order valence-corrected chi connectivity index (χ4v) is 4.86. The van der Waals surface area contributed by atoms with E-state index in [0.717, 1.165) is 5.56 Å². The van der Waals surface area contributed by atoms with E-state index in [1.54, 1.807) is 0 Å². The van der Waals surface area contributed by atoms with Gasteiger partial charge in [-0.15, -0.1) is 0 Å². The molecule has 29 heavy (non-hydrogen) atoms. The van der Waals surface area contributed by atoms with Crippen molar-refractivity contribution in [1.82, 2.24) is 0 Å². The summed E-state index contributed by atoms with van der Waals surface area (Å²) < 4.78 is 18.0. The molecule has 0 spiro atoms. The third kappa shape index (κ3) is 12.3. The molecule has 1 rings (SSSR count). The Kier molecular flexibility index (Phi) is 10.7. The Morgan fingerprint density at radius 2 is 1.66 bits per heavy atom. The van der Waals surface area contributed by atoms with Crippen LogP contribution in [0.25, 0.3) is 0 Å². The topological polar surface area (TPSA) is 85.2 Å². The van der Waals surface area contributed by atoms with Crippen LogP contribution in [-0.2, 0) is 25.0 Å². The van der Waals surface area contributed by atoms with Crippen molar-refractivity contribution >= 4 is 22.6 Å². The number of benzene rings is 1. The van der Waals surface area contributed by atoms with E-state index in [4.69, 9.17) is 13.6 Å². The summed E-state index contributed by atoms with van der Waals surface area (Å²) in [5, 5.41) is 20.2. The summed E-state index contributed by atoms with van der Waals surface area (Å²) in [6.45, 7) is 13.5. The molecule has 0 saturated carbocycles. The summed E-state index contributed by atoms with van der Waals surface area (Å²) in [5.41, 5.74) is 1.04. The smallest absolute Gasteiger partial charge is 0.303 e.